The summed E-state index contributed by atoms with van der Waals surface area (Å²) in [7, 11) is 0. The van der Waals surface area contributed by atoms with Crippen molar-refractivity contribution >= 4 is 16.7 Å². The van der Waals surface area contributed by atoms with Crippen molar-refractivity contribution in [3.05, 3.63) is 30.0 Å². The number of anilines is 1. The van der Waals surface area contributed by atoms with Crippen molar-refractivity contribution in [2.24, 2.45) is 0 Å². The fourth-order valence-corrected chi connectivity index (χ4v) is 1.84. The molecule has 3 rings (SSSR count). The Morgan fingerprint density at radius 1 is 1.31 bits per heavy atom. The predicted molar refractivity (Wildman–Crippen MR) is 52.6 cm³/mol. The minimum atomic E-state index is 0.700. The summed E-state index contributed by atoms with van der Waals surface area (Å²) in [6.45, 7) is 0. The molecule has 2 aromatic rings. The first kappa shape index (κ1) is 7.01. The van der Waals surface area contributed by atoms with Crippen molar-refractivity contribution in [2.45, 2.75) is 18.8 Å². The molecule has 0 aliphatic heterocycles. The van der Waals surface area contributed by atoms with E-state index in [0.29, 0.717) is 5.92 Å². The maximum atomic E-state index is 5.91. The Labute approximate surface area is 76.3 Å². The van der Waals surface area contributed by atoms with Crippen molar-refractivity contribution in [1.29, 1.82) is 0 Å². The Balaban J connectivity index is 2.34. The van der Waals surface area contributed by atoms with Gasteiger partial charge in [0.1, 0.15) is 5.58 Å². The molecule has 0 unspecified atom stereocenters. The van der Waals surface area contributed by atoms with Crippen LogP contribution < -0.4 is 5.73 Å². The van der Waals surface area contributed by atoms with E-state index in [1.54, 1.807) is 0 Å². The third-order valence-corrected chi connectivity index (χ3v) is 2.68. The molecule has 0 spiro atoms. The summed E-state index contributed by atoms with van der Waals surface area (Å²) in [5, 5.41) is 1.13. The number of furan rings is 1. The molecule has 1 aromatic carbocycles. The van der Waals surface area contributed by atoms with E-state index in [1.807, 2.05) is 24.5 Å². The quantitative estimate of drug-likeness (QED) is 0.673. The molecule has 1 saturated carbocycles. The number of benzene rings is 1. The zero-order valence-corrected chi connectivity index (χ0v) is 7.29. The van der Waals surface area contributed by atoms with Crippen LogP contribution in [0.1, 0.15) is 24.3 Å². The zero-order valence-electron chi connectivity index (χ0n) is 7.29. The standard InChI is InChI=1S/C11H11NO/c12-9-2-1-3-10-11(9)8(6-13-10)7-4-5-7/h1-3,6-7H,4-5,12H2. The molecular formula is C11H11NO. The average Bonchev–Trinajstić information content (AvgIpc) is 2.87. The molecule has 1 fully saturated rings. The molecule has 0 radical (unpaired) electrons. The molecule has 2 heteroatoms. The largest absolute Gasteiger partial charge is 0.464 e. The number of rotatable bonds is 1. The molecule has 1 aromatic heterocycles. The second-order valence-electron chi connectivity index (χ2n) is 3.69. The van der Waals surface area contributed by atoms with Crippen LogP contribution in [0.15, 0.2) is 28.9 Å². The SMILES string of the molecule is Nc1cccc2occ(C3CC3)c12. The molecule has 1 aliphatic rings. The molecule has 0 bridgehead atoms. The van der Waals surface area contributed by atoms with Gasteiger partial charge in [0, 0.05) is 16.6 Å². The number of hydrogen-bond acceptors (Lipinski definition) is 2. The van der Waals surface area contributed by atoms with Gasteiger partial charge in [0.05, 0.1) is 6.26 Å². The van der Waals surface area contributed by atoms with E-state index in [2.05, 4.69) is 0 Å². The van der Waals surface area contributed by atoms with Gasteiger partial charge in [0.15, 0.2) is 0 Å². The smallest absolute Gasteiger partial charge is 0.136 e. The third-order valence-electron chi connectivity index (χ3n) is 2.68. The lowest BCUT2D eigenvalue weighted by Gasteiger charge is -1.97. The average molecular weight is 173 g/mol. The second kappa shape index (κ2) is 2.28. The van der Waals surface area contributed by atoms with Crippen LogP contribution >= 0.6 is 0 Å². The van der Waals surface area contributed by atoms with Crippen LogP contribution in [0.5, 0.6) is 0 Å². The highest BCUT2D eigenvalue weighted by atomic mass is 16.3. The van der Waals surface area contributed by atoms with Crippen molar-refractivity contribution in [3.8, 4) is 0 Å². The van der Waals surface area contributed by atoms with Gasteiger partial charge in [0.2, 0.25) is 0 Å². The van der Waals surface area contributed by atoms with Crippen molar-refractivity contribution in [2.75, 3.05) is 5.73 Å². The van der Waals surface area contributed by atoms with E-state index in [0.717, 1.165) is 16.7 Å². The lowest BCUT2D eigenvalue weighted by atomic mass is 10.1. The van der Waals surface area contributed by atoms with Crippen LogP contribution in [0.4, 0.5) is 5.69 Å². The van der Waals surface area contributed by atoms with Crippen molar-refractivity contribution in [3.63, 3.8) is 0 Å². The van der Waals surface area contributed by atoms with Crippen LogP contribution in [0.25, 0.3) is 11.0 Å². The summed E-state index contributed by atoms with van der Waals surface area (Å²) >= 11 is 0. The fraction of sp³-hybridized carbons (Fsp3) is 0.273. The Morgan fingerprint density at radius 2 is 2.15 bits per heavy atom. The Morgan fingerprint density at radius 3 is 2.92 bits per heavy atom. The highest BCUT2D eigenvalue weighted by molar-refractivity contribution is 5.92. The molecule has 13 heavy (non-hydrogen) atoms. The summed E-state index contributed by atoms with van der Waals surface area (Å²) in [6.07, 6.45) is 4.42. The molecule has 0 saturated heterocycles. The van der Waals surface area contributed by atoms with Gasteiger partial charge in [-0.15, -0.1) is 0 Å². The van der Waals surface area contributed by atoms with Crippen LogP contribution in [0.2, 0.25) is 0 Å². The van der Waals surface area contributed by atoms with Crippen LogP contribution in [0, 0.1) is 0 Å². The molecule has 2 N–H and O–H groups in total. The molecular weight excluding hydrogens is 162 g/mol. The summed E-state index contributed by atoms with van der Waals surface area (Å²) < 4.78 is 5.45. The van der Waals surface area contributed by atoms with E-state index >= 15 is 0 Å². The van der Waals surface area contributed by atoms with Gasteiger partial charge < -0.3 is 10.2 Å². The first-order chi connectivity index (χ1) is 6.36. The second-order valence-corrected chi connectivity index (χ2v) is 3.69. The summed E-state index contributed by atoms with van der Waals surface area (Å²) in [6, 6.07) is 5.83. The van der Waals surface area contributed by atoms with Crippen molar-refractivity contribution in [1.82, 2.24) is 0 Å². The van der Waals surface area contributed by atoms with E-state index in [4.69, 9.17) is 10.2 Å². The number of hydrogen-bond donors (Lipinski definition) is 1. The van der Waals surface area contributed by atoms with E-state index < -0.39 is 0 Å². The summed E-state index contributed by atoms with van der Waals surface area (Å²) in [4.78, 5) is 0. The summed E-state index contributed by atoms with van der Waals surface area (Å²) in [5.74, 6) is 0.700. The lowest BCUT2D eigenvalue weighted by molar-refractivity contribution is 0.611. The molecule has 0 atom stereocenters. The van der Waals surface area contributed by atoms with Crippen LogP contribution in [-0.2, 0) is 0 Å². The number of nitrogen functional groups attached to an aromatic ring is 1. The van der Waals surface area contributed by atoms with E-state index in [-0.39, 0.29) is 0 Å². The molecule has 66 valence electrons. The number of nitrogens with two attached hydrogens (primary N) is 1. The van der Waals surface area contributed by atoms with Gasteiger partial charge in [-0.25, -0.2) is 0 Å². The van der Waals surface area contributed by atoms with Gasteiger partial charge in [0.25, 0.3) is 0 Å². The topological polar surface area (TPSA) is 39.2 Å². The van der Waals surface area contributed by atoms with Gasteiger partial charge in [-0.1, -0.05) is 6.07 Å². The monoisotopic (exact) mass is 173 g/mol. The van der Waals surface area contributed by atoms with Crippen LogP contribution in [-0.4, -0.2) is 0 Å². The summed E-state index contributed by atoms with van der Waals surface area (Å²) in [5.41, 5.74) is 8.97. The minimum absolute atomic E-state index is 0.700. The fourth-order valence-electron chi connectivity index (χ4n) is 1.84. The van der Waals surface area contributed by atoms with Gasteiger partial charge in [-0.2, -0.15) is 0 Å². The van der Waals surface area contributed by atoms with Crippen molar-refractivity contribution < 1.29 is 4.42 Å². The Bertz CT molecular complexity index is 454. The molecule has 1 aliphatic carbocycles. The maximum Gasteiger partial charge on any atom is 0.136 e. The first-order valence-corrected chi connectivity index (χ1v) is 4.62. The highest BCUT2D eigenvalue weighted by Gasteiger charge is 2.27. The molecule has 2 nitrogen and oxygen atoms in total. The molecule has 1 heterocycles. The zero-order chi connectivity index (χ0) is 8.84. The first-order valence-electron chi connectivity index (χ1n) is 4.62. The number of fused-ring (bicyclic) bond motifs is 1. The van der Waals surface area contributed by atoms with Crippen LogP contribution in [0.3, 0.4) is 0 Å². The minimum Gasteiger partial charge on any atom is -0.464 e. The molecule has 0 amide bonds. The van der Waals surface area contributed by atoms with E-state index in [1.165, 1.54) is 18.4 Å². The third kappa shape index (κ3) is 0.949. The van der Waals surface area contributed by atoms with Gasteiger partial charge >= 0.3 is 0 Å². The van der Waals surface area contributed by atoms with E-state index in [9.17, 15) is 0 Å². The van der Waals surface area contributed by atoms with Gasteiger partial charge in [-0.3, -0.25) is 0 Å². The maximum absolute atomic E-state index is 5.91. The normalized spacial score (nSPS) is 16.6. The Hall–Kier alpha value is -1.44. The van der Waals surface area contributed by atoms with Gasteiger partial charge in [-0.05, 0) is 30.9 Å². The Kier molecular flexibility index (Phi) is 1.23. The lowest BCUT2D eigenvalue weighted by Crippen LogP contribution is -1.86. The predicted octanol–water partition coefficient (Wildman–Crippen LogP) is 2.89. The highest BCUT2D eigenvalue weighted by Crippen LogP contribution is 2.45.